The summed E-state index contributed by atoms with van der Waals surface area (Å²) in [5.74, 6) is 0. The largest absolute Gasteiger partial charge is 0.365 e. The number of nitro benzene ring substituents is 1. The van der Waals surface area contributed by atoms with Gasteiger partial charge in [-0.05, 0) is 11.1 Å². The van der Waals surface area contributed by atoms with Crippen LogP contribution in [0.4, 0.5) is 5.69 Å². The van der Waals surface area contributed by atoms with Crippen molar-refractivity contribution in [2.75, 3.05) is 6.61 Å². The molecule has 1 aliphatic heterocycles. The summed E-state index contributed by atoms with van der Waals surface area (Å²) in [6.45, 7) is 0.840. The first-order valence-electron chi connectivity index (χ1n) is 10.1. The molecule has 4 aromatic rings. The number of rotatable bonds is 3. The first-order valence-corrected chi connectivity index (χ1v) is 10.1. The molecule has 9 nitrogen and oxygen atoms in total. The van der Waals surface area contributed by atoms with Crippen molar-refractivity contribution in [1.82, 2.24) is 13.7 Å². The van der Waals surface area contributed by atoms with Gasteiger partial charge in [-0.1, -0.05) is 42.5 Å². The molecule has 2 aromatic carbocycles. The summed E-state index contributed by atoms with van der Waals surface area (Å²) in [5.41, 5.74) is 2.39. The Morgan fingerprint density at radius 2 is 1.78 bits per heavy atom. The fourth-order valence-corrected chi connectivity index (χ4v) is 4.53. The Bertz CT molecular complexity index is 1500. The fourth-order valence-electron chi connectivity index (χ4n) is 4.53. The molecule has 0 unspecified atom stereocenters. The topological polar surface area (TPSA) is 101 Å². The van der Waals surface area contributed by atoms with Crippen LogP contribution in [0.1, 0.15) is 17.4 Å². The molecular formula is C23H20N4O5. The minimum absolute atomic E-state index is 0.0489. The van der Waals surface area contributed by atoms with Crippen LogP contribution in [0.5, 0.6) is 0 Å². The number of ether oxygens (including phenoxy) is 1. The van der Waals surface area contributed by atoms with E-state index in [1.165, 1.54) is 23.7 Å². The molecule has 1 atom stereocenters. The van der Waals surface area contributed by atoms with Gasteiger partial charge in [-0.25, -0.2) is 4.79 Å². The third-order valence-corrected chi connectivity index (χ3v) is 5.98. The molecule has 1 aliphatic rings. The monoisotopic (exact) mass is 432 g/mol. The summed E-state index contributed by atoms with van der Waals surface area (Å²) in [5, 5.41) is 11.8. The Kier molecular flexibility index (Phi) is 4.56. The van der Waals surface area contributed by atoms with Gasteiger partial charge in [0.05, 0.1) is 33.8 Å². The van der Waals surface area contributed by atoms with Crippen molar-refractivity contribution >= 4 is 16.6 Å². The molecule has 0 fully saturated rings. The van der Waals surface area contributed by atoms with E-state index in [2.05, 4.69) is 0 Å². The van der Waals surface area contributed by atoms with Crippen molar-refractivity contribution in [3.05, 3.63) is 96.8 Å². The SMILES string of the molecule is Cn1c(=O)c2c(-c3ccccc3)n3c(c2n(C)c1=O)[C@H](c1cccc([N+](=O)[O-])c1)OCC3. The van der Waals surface area contributed by atoms with E-state index in [1.54, 1.807) is 19.2 Å². The predicted molar refractivity (Wildman–Crippen MR) is 119 cm³/mol. The van der Waals surface area contributed by atoms with Crippen LogP contribution in [0.25, 0.3) is 22.2 Å². The summed E-state index contributed by atoms with van der Waals surface area (Å²) in [7, 11) is 3.09. The van der Waals surface area contributed by atoms with Crippen LogP contribution in [0.2, 0.25) is 0 Å². The lowest BCUT2D eigenvalue weighted by Crippen LogP contribution is -2.37. The molecule has 3 heterocycles. The van der Waals surface area contributed by atoms with Crippen molar-refractivity contribution in [2.24, 2.45) is 14.1 Å². The van der Waals surface area contributed by atoms with Gasteiger partial charge in [-0.3, -0.25) is 24.0 Å². The van der Waals surface area contributed by atoms with Gasteiger partial charge in [-0.2, -0.15) is 0 Å². The Morgan fingerprint density at radius 1 is 1.03 bits per heavy atom. The molecule has 0 aliphatic carbocycles. The molecule has 9 heteroatoms. The molecule has 5 rings (SSSR count). The van der Waals surface area contributed by atoms with Crippen LogP contribution in [0, 0.1) is 10.1 Å². The normalized spacial score (nSPS) is 15.6. The molecule has 0 saturated heterocycles. The van der Waals surface area contributed by atoms with Gasteiger partial charge in [0, 0.05) is 32.8 Å². The van der Waals surface area contributed by atoms with Crippen molar-refractivity contribution < 1.29 is 9.66 Å². The Hall–Kier alpha value is -3.98. The molecule has 162 valence electrons. The maximum absolute atomic E-state index is 13.3. The van der Waals surface area contributed by atoms with Crippen LogP contribution in [-0.4, -0.2) is 25.2 Å². The Labute approximate surface area is 181 Å². The van der Waals surface area contributed by atoms with Gasteiger partial charge in [-0.15, -0.1) is 0 Å². The van der Waals surface area contributed by atoms with Gasteiger partial charge < -0.3 is 9.30 Å². The number of aromatic nitrogens is 3. The highest BCUT2D eigenvalue weighted by molar-refractivity contribution is 5.96. The van der Waals surface area contributed by atoms with Gasteiger partial charge in [0.2, 0.25) is 0 Å². The second kappa shape index (κ2) is 7.31. The highest BCUT2D eigenvalue weighted by atomic mass is 16.6. The average Bonchev–Trinajstić information content (AvgIpc) is 3.17. The van der Waals surface area contributed by atoms with Crippen LogP contribution in [-0.2, 0) is 25.4 Å². The van der Waals surface area contributed by atoms with E-state index in [9.17, 15) is 19.7 Å². The number of non-ortho nitro benzene ring substituents is 1. The highest BCUT2D eigenvalue weighted by Gasteiger charge is 2.33. The summed E-state index contributed by atoms with van der Waals surface area (Å²) < 4.78 is 10.6. The van der Waals surface area contributed by atoms with Crippen molar-refractivity contribution in [1.29, 1.82) is 0 Å². The minimum Gasteiger partial charge on any atom is -0.365 e. The molecule has 2 aromatic heterocycles. The summed E-state index contributed by atoms with van der Waals surface area (Å²) in [6.07, 6.45) is -0.665. The smallest absolute Gasteiger partial charge is 0.331 e. The maximum atomic E-state index is 13.3. The molecule has 0 radical (unpaired) electrons. The standard InChI is InChI=1S/C23H20N4O5/c1-24-19-17(22(28)25(2)23(24)29)18(14-7-4-3-5-8-14)26-11-12-32-21(20(19)26)15-9-6-10-16(13-15)27(30)31/h3-10,13,21H,11-12H2,1-2H3/t21-/m0/s1. The number of fused-ring (bicyclic) bond motifs is 3. The molecule has 32 heavy (non-hydrogen) atoms. The van der Waals surface area contributed by atoms with Crippen molar-refractivity contribution in [2.45, 2.75) is 12.6 Å². The third-order valence-electron chi connectivity index (χ3n) is 5.98. The molecular weight excluding hydrogens is 412 g/mol. The second-order valence-electron chi connectivity index (χ2n) is 7.78. The van der Waals surface area contributed by atoms with Crippen molar-refractivity contribution in [3.8, 4) is 11.3 Å². The van der Waals surface area contributed by atoms with Gasteiger partial charge in [0.25, 0.3) is 11.2 Å². The zero-order chi connectivity index (χ0) is 22.6. The lowest BCUT2D eigenvalue weighted by molar-refractivity contribution is -0.385. The lowest BCUT2D eigenvalue weighted by atomic mass is 10.0. The zero-order valence-corrected chi connectivity index (χ0v) is 17.5. The zero-order valence-electron chi connectivity index (χ0n) is 17.5. The average molecular weight is 432 g/mol. The van der Waals surface area contributed by atoms with Crippen LogP contribution >= 0.6 is 0 Å². The molecule has 0 spiro atoms. The number of aryl methyl sites for hydroxylation is 1. The lowest BCUT2D eigenvalue weighted by Gasteiger charge is -2.27. The quantitative estimate of drug-likeness (QED) is 0.366. The van der Waals surface area contributed by atoms with E-state index in [0.717, 1.165) is 10.1 Å². The second-order valence-corrected chi connectivity index (χ2v) is 7.78. The molecule has 0 bridgehead atoms. The number of hydrogen-bond acceptors (Lipinski definition) is 5. The van der Waals surface area contributed by atoms with Crippen LogP contribution < -0.4 is 11.2 Å². The summed E-state index contributed by atoms with van der Waals surface area (Å²) in [4.78, 5) is 37.0. The Balaban J connectivity index is 1.92. The molecule has 0 N–H and O–H groups in total. The predicted octanol–water partition coefficient (Wildman–Crippen LogP) is 2.73. The first-order chi connectivity index (χ1) is 15.4. The van der Waals surface area contributed by atoms with Gasteiger partial charge in [0.1, 0.15) is 6.10 Å². The van der Waals surface area contributed by atoms with E-state index >= 15 is 0 Å². The summed E-state index contributed by atoms with van der Waals surface area (Å²) >= 11 is 0. The minimum atomic E-state index is -0.665. The molecule has 0 saturated carbocycles. The van der Waals surface area contributed by atoms with E-state index in [0.29, 0.717) is 41.0 Å². The van der Waals surface area contributed by atoms with Crippen LogP contribution in [0.15, 0.2) is 64.2 Å². The van der Waals surface area contributed by atoms with E-state index in [-0.39, 0.29) is 11.2 Å². The van der Waals surface area contributed by atoms with Gasteiger partial charge in [0.15, 0.2) is 0 Å². The Morgan fingerprint density at radius 3 is 2.50 bits per heavy atom. The number of nitro groups is 1. The maximum Gasteiger partial charge on any atom is 0.331 e. The summed E-state index contributed by atoms with van der Waals surface area (Å²) in [6, 6.07) is 15.8. The fraction of sp³-hybridized carbons (Fsp3) is 0.217. The number of nitrogens with zero attached hydrogens (tertiary/aromatic N) is 4. The number of hydrogen-bond donors (Lipinski definition) is 0. The van der Waals surface area contributed by atoms with Gasteiger partial charge >= 0.3 is 5.69 Å². The first kappa shape index (κ1) is 20.0. The number of benzene rings is 2. The van der Waals surface area contributed by atoms with Crippen LogP contribution in [0.3, 0.4) is 0 Å². The highest BCUT2D eigenvalue weighted by Crippen LogP contribution is 2.40. The third kappa shape index (κ3) is 2.82. The van der Waals surface area contributed by atoms with E-state index in [1.807, 2.05) is 34.9 Å². The van der Waals surface area contributed by atoms with E-state index < -0.39 is 16.7 Å². The molecule has 0 amide bonds. The van der Waals surface area contributed by atoms with E-state index in [4.69, 9.17) is 4.74 Å². The van der Waals surface area contributed by atoms with Crippen molar-refractivity contribution in [3.63, 3.8) is 0 Å².